The van der Waals surface area contributed by atoms with E-state index in [-0.39, 0.29) is 11.8 Å². The van der Waals surface area contributed by atoms with Crippen molar-refractivity contribution < 1.29 is 0 Å². The molecule has 0 aliphatic heterocycles. The van der Waals surface area contributed by atoms with Crippen molar-refractivity contribution in [2.24, 2.45) is 0 Å². The van der Waals surface area contributed by atoms with Gasteiger partial charge in [-0.3, -0.25) is 4.79 Å². The third-order valence-corrected chi connectivity index (χ3v) is 1.30. The predicted octanol–water partition coefficient (Wildman–Crippen LogP) is 0.749. The van der Waals surface area contributed by atoms with E-state index >= 15 is 0 Å². The second kappa shape index (κ2) is 3.02. The van der Waals surface area contributed by atoms with Crippen LogP contribution in [0.1, 0.15) is 11.4 Å². The lowest BCUT2D eigenvalue weighted by Crippen LogP contribution is -2.03. The van der Waals surface area contributed by atoms with Crippen LogP contribution in [0.2, 0.25) is 0 Å². The highest BCUT2D eigenvalue weighted by molar-refractivity contribution is 5.13. The monoisotopic (exact) mass is 148 g/mol. The van der Waals surface area contributed by atoms with Crippen molar-refractivity contribution in [1.82, 2.24) is 4.98 Å². The highest BCUT2D eigenvalue weighted by Crippen LogP contribution is 1.92. The molecule has 1 aromatic rings. The molecule has 1 heterocycles. The van der Waals surface area contributed by atoms with Gasteiger partial charge in [-0.05, 0) is 6.92 Å². The molecule has 0 radical (unpaired) electrons. The molecule has 0 aromatic carbocycles. The highest BCUT2D eigenvalue weighted by Gasteiger charge is 1.93. The average Bonchev–Trinajstić information content (AvgIpc) is 1.85. The second-order valence-electron chi connectivity index (χ2n) is 2.36. The lowest BCUT2D eigenvalue weighted by atomic mass is 10.2. The summed E-state index contributed by atoms with van der Waals surface area (Å²) in [6, 6.07) is 4.91. The number of H-pyrrole nitrogens is 1. The molecule has 3 heteroatoms. The first-order valence-electron chi connectivity index (χ1n) is 3.29. The van der Waals surface area contributed by atoms with Gasteiger partial charge in [-0.1, -0.05) is 0 Å². The molecule has 0 amide bonds. The molecular weight excluding hydrogens is 140 g/mol. The van der Waals surface area contributed by atoms with Crippen LogP contribution in [0.15, 0.2) is 16.9 Å². The largest absolute Gasteiger partial charge is 0.361 e. The summed E-state index contributed by atoms with van der Waals surface area (Å²) in [6.45, 7) is 1.79. The Morgan fingerprint density at radius 2 is 2.36 bits per heavy atom. The van der Waals surface area contributed by atoms with Crippen molar-refractivity contribution in [1.29, 1.82) is 5.26 Å². The quantitative estimate of drug-likeness (QED) is 0.638. The van der Waals surface area contributed by atoms with Crippen LogP contribution in [0, 0.1) is 18.3 Å². The number of aryl methyl sites for hydroxylation is 1. The fourth-order valence-corrected chi connectivity index (χ4v) is 0.933. The van der Waals surface area contributed by atoms with Gasteiger partial charge in [-0.15, -0.1) is 0 Å². The summed E-state index contributed by atoms with van der Waals surface area (Å²) >= 11 is 0. The van der Waals surface area contributed by atoms with E-state index in [9.17, 15) is 4.79 Å². The van der Waals surface area contributed by atoms with Crippen molar-refractivity contribution in [3.63, 3.8) is 0 Å². The van der Waals surface area contributed by atoms with Crippen molar-refractivity contribution in [2.45, 2.75) is 13.3 Å². The number of pyridine rings is 1. The number of nitrogens with zero attached hydrogens (tertiary/aromatic N) is 1. The molecule has 0 bridgehead atoms. The van der Waals surface area contributed by atoms with Gasteiger partial charge in [0, 0.05) is 23.5 Å². The van der Waals surface area contributed by atoms with Crippen LogP contribution in [0.3, 0.4) is 0 Å². The summed E-state index contributed by atoms with van der Waals surface area (Å²) in [5, 5.41) is 8.33. The van der Waals surface area contributed by atoms with Gasteiger partial charge in [-0.2, -0.15) is 5.26 Å². The van der Waals surface area contributed by atoms with Gasteiger partial charge in [0.1, 0.15) is 0 Å². The summed E-state index contributed by atoms with van der Waals surface area (Å²) in [4.78, 5) is 13.8. The van der Waals surface area contributed by atoms with E-state index in [0.717, 1.165) is 5.69 Å². The zero-order valence-electron chi connectivity index (χ0n) is 6.22. The van der Waals surface area contributed by atoms with Gasteiger partial charge >= 0.3 is 0 Å². The fourth-order valence-electron chi connectivity index (χ4n) is 0.933. The van der Waals surface area contributed by atoms with Crippen LogP contribution in [0.25, 0.3) is 0 Å². The van der Waals surface area contributed by atoms with Crippen LogP contribution in [0.5, 0.6) is 0 Å². The Hall–Kier alpha value is -1.56. The number of rotatable bonds is 1. The molecule has 1 aromatic heterocycles. The minimum Gasteiger partial charge on any atom is -0.361 e. The van der Waals surface area contributed by atoms with E-state index < -0.39 is 0 Å². The van der Waals surface area contributed by atoms with Gasteiger partial charge in [-0.25, -0.2) is 0 Å². The first kappa shape index (κ1) is 7.55. The van der Waals surface area contributed by atoms with E-state index in [1.54, 1.807) is 6.92 Å². The van der Waals surface area contributed by atoms with Crippen molar-refractivity contribution >= 4 is 0 Å². The number of hydrogen-bond acceptors (Lipinski definition) is 2. The Bertz CT molecular complexity index is 346. The van der Waals surface area contributed by atoms with Crippen LogP contribution in [0.4, 0.5) is 0 Å². The number of aromatic amines is 1. The number of nitriles is 1. The van der Waals surface area contributed by atoms with Crippen molar-refractivity contribution in [3.05, 3.63) is 33.7 Å². The van der Waals surface area contributed by atoms with E-state index in [0.29, 0.717) is 5.69 Å². The van der Waals surface area contributed by atoms with Gasteiger partial charge < -0.3 is 4.98 Å². The summed E-state index contributed by atoms with van der Waals surface area (Å²) in [6.07, 6.45) is 0.261. The molecule has 0 fully saturated rings. The third kappa shape index (κ3) is 1.94. The summed E-state index contributed by atoms with van der Waals surface area (Å²) in [5.74, 6) is 0. The van der Waals surface area contributed by atoms with Crippen LogP contribution in [-0.4, -0.2) is 4.98 Å². The van der Waals surface area contributed by atoms with Gasteiger partial charge in [0.15, 0.2) is 5.43 Å². The molecule has 0 atom stereocenters. The number of hydrogen-bond donors (Lipinski definition) is 1. The molecule has 1 N–H and O–H groups in total. The predicted molar refractivity (Wildman–Crippen MR) is 41.1 cm³/mol. The zero-order chi connectivity index (χ0) is 8.27. The van der Waals surface area contributed by atoms with Gasteiger partial charge in [0.2, 0.25) is 0 Å². The number of aromatic nitrogens is 1. The lowest BCUT2D eigenvalue weighted by molar-refractivity contribution is 1.06. The Balaban J connectivity index is 3.11. The zero-order valence-corrected chi connectivity index (χ0v) is 6.22. The van der Waals surface area contributed by atoms with Crippen LogP contribution < -0.4 is 5.43 Å². The summed E-state index contributed by atoms with van der Waals surface area (Å²) in [7, 11) is 0. The lowest BCUT2D eigenvalue weighted by Gasteiger charge is -1.95. The molecule has 1 rings (SSSR count). The van der Waals surface area contributed by atoms with E-state index in [1.165, 1.54) is 12.1 Å². The highest BCUT2D eigenvalue weighted by atomic mass is 16.1. The molecule has 56 valence electrons. The summed E-state index contributed by atoms with van der Waals surface area (Å²) in [5.41, 5.74) is 1.42. The molecule has 0 aliphatic carbocycles. The maximum Gasteiger partial charge on any atom is 0.182 e. The van der Waals surface area contributed by atoms with Crippen LogP contribution >= 0.6 is 0 Å². The van der Waals surface area contributed by atoms with Crippen molar-refractivity contribution in [2.75, 3.05) is 0 Å². The molecule has 0 unspecified atom stereocenters. The third-order valence-electron chi connectivity index (χ3n) is 1.30. The minimum atomic E-state index is -0.0495. The van der Waals surface area contributed by atoms with E-state index in [2.05, 4.69) is 4.98 Å². The van der Waals surface area contributed by atoms with Crippen molar-refractivity contribution in [3.8, 4) is 6.07 Å². The summed E-state index contributed by atoms with van der Waals surface area (Å²) < 4.78 is 0. The molecule has 0 saturated heterocycles. The molecule has 0 saturated carbocycles. The molecule has 11 heavy (non-hydrogen) atoms. The second-order valence-corrected chi connectivity index (χ2v) is 2.36. The molecule has 0 aliphatic rings. The molecule has 3 nitrogen and oxygen atoms in total. The average molecular weight is 148 g/mol. The minimum absolute atomic E-state index is 0.0495. The smallest absolute Gasteiger partial charge is 0.182 e. The Kier molecular flexibility index (Phi) is 2.07. The molecule has 0 spiro atoms. The Labute approximate surface area is 64.3 Å². The maximum absolute atomic E-state index is 10.9. The van der Waals surface area contributed by atoms with Gasteiger partial charge in [0.25, 0.3) is 0 Å². The Morgan fingerprint density at radius 1 is 1.64 bits per heavy atom. The molecular formula is C8H8N2O. The standard InChI is InChI=1S/C8H8N2O/c1-6-4-8(11)5-7(10-6)2-3-9/h4-5H,2H2,1H3,(H,10,11). The first-order chi connectivity index (χ1) is 5.22. The first-order valence-corrected chi connectivity index (χ1v) is 3.29. The van der Waals surface area contributed by atoms with E-state index in [1.807, 2.05) is 6.07 Å². The topological polar surface area (TPSA) is 56.6 Å². The normalized spacial score (nSPS) is 9.09. The van der Waals surface area contributed by atoms with Gasteiger partial charge in [0.05, 0.1) is 12.5 Å². The maximum atomic E-state index is 10.9. The Morgan fingerprint density at radius 3 is 2.91 bits per heavy atom. The fraction of sp³-hybridized carbons (Fsp3) is 0.250. The van der Waals surface area contributed by atoms with E-state index in [4.69, 9.17) is 5.26 Å². The number of nitrogens with one attached hydrogen (secondary N) is 1. The van der Waals surface area contributed by atoms with Crippen LogP contribution in [-0.2, 0) is 6.42 Å². The SMILES string of the molecule is Cc1cc(=O)cc(CC#N)[nH]1.